The van der Waals surface area contributed by atoms with E-state index in [2.05, 4.69) is 13.5 Å². The van der Waals surface area contributed by atoms with E-state index in [-0.39, 0.29) is 11.7 Å². The molecule has 0 amide bonds. The molecular formula is C11H20O3. The predicted octanol–water partition coefficient (Wildman–Crippen LogP) is 2.20. The molecule has 0 aromatic carbocycles. The molecule has 2 unspecified atom stereocenters. The molecule has 1 saturated carbocycles. The fourth-order valence-corrected chi connectivity index (χ4v) is 1.40. The van der Waals surface area contributed by atoms with Gasteiger partial charge in [0.1, 0.15) is 0 Å². The highest BCUT2D eigenvalue weighted by Crippen LogP contribution is 2.22. The minimum Gasteiger partial charge on any atom is -0.478 e. The van der Waals surface area contributed by atoms with E-state index in [0.717, 1.165) is 18.8 Å². The number of rotatable bonds is 1. The van der Waals surface area contributed by atoms with Crippen LogP contribution in [0.15, 0.2) is 12.2 Å². The summed E-state index contributed by atoms with van der Waals surface area (Å²) < 4.78 is 0. The Morgan fingerprint density at radius 3 is 2.14 bits per heavy atom. The van der Waals surface area contributed by atoms with Crippen molar-refractivity contribution in [2.45, 2.75) is 45.6 Å². The van der Waals surface area contributed by atoms with Gasteiger partial charge in [0, 0.05) is 5.57 Å². The lowest BCUT2D eigenvalue weighted by molar-refractivity contribution is -0.132. The van der Waals surface area contributed by atoms with Crippen molar-refractivity contribution in [2.24, 2.45) is 5.92 Å². The third-order valence-electron chi connectivity index (χ3n) is 2.27. The Kier molecular flexibility index (Phi) is 6.21. The third kappa shape index (κ3) is 6.66. The van der Waals surface area contributed by atoms with Gasteiger partial charge >= 0.3 is 5.97 Å². The van der Waals surface area contributed by atoms with Crippen molar-refractivity contribution in [3.8, 4) is 0 Å². The van der Waals surface area contributed by atoms with Gasteiger partial charge in [0.2, 0.25) is 0 Å². The minimum atomic E-state index is -0.935. The van der Waals surface area contributed by atoms with E-state index in [1.165, 1.54) is 19.8 Å². The number of aliphatic carboxylic acids is 1. The van der Waals surface area contributed by atoms with Crippen LogP contribution in [0.3, 0.4) is 0 Å². The molecule has 14 heavy (non-hydrogen) atoms. The number of carboxylic acid groups (broad SMARTS) is 1. The first-order valence-corrected chi connectivity index (χ1v) is 5.00. The second-order valence-electron chi connectivity index (χ2n) is 4.01. The molecule has 1 aliphatic carbocycles. The van der Waals surface area contributed by atoms with E-state index in [0.29, 0.717) is 0 Å². The quantitative estimate of drug-likeness (QED) is 0.638. The van der Waals surface area contributed by atoms with Gasteiger partial charge in [0.25, 0.3) is 0 Å². The normalized spacial score (nSPS) is 25.9. The Morgan fingerprint density at radius 2 is 1.93 bits per heavy atom. The summed E-state index contributed by atoms with van der Waals surface area (Å²) in [6.07, 6.45) is 4.61. The molecule has 82 valence electrons. The largest absolute Gasteiger partial charge is 0.478 e. The Bertz CT molecular complexity index is 179. The van der Waals surface area contributed by atoms with Crippen molar-refractivity contribution in [3.05, 3.63) is 12.2 Å². The van der Waals surface area contributed by atoms with Crippen LogP contribution in [0.5, 0.6) is 0 Å². The second kappa shape index (κ2) is 6.60. The smallest absolute Gasteiger partial charge is 0.330 e. The highest BCUT2D eigenvalue weighted by Gasteiger charge is 2.15. The maximum Gasteiger partial charge on any atom is 0.330 e. The molecule has 0 aliphatic heterocycles. The zero-order valence-electron chi connectivity index (χ0n) is 8.99. The lowest BCUT2D eigenvalue weighted by Gasteiger charge is -2.21. The van der Waals surface area contributed by atoms with Crippen molar-refractivity contribution < 1.29 is 15.0 Å². The van der Waals surface area contributed by atoms with Crippen LogP contribution >= 0.6 is 0 Å². The van der Waals surface area contributed by atoms with E-state index in [4.69, 9.17) is 10.2 Å². The monoisotopic (exact) mass is 200 g/mol. The molecule has 1 rings (SSSR count). The van der Waals surface area contributed by atoms with Crippen LogP contribution in [-0.4, -0.2) is 22.3 Å². The van der Waals surface area contributed by atoms with Crippen LogP contribution in [0.1, 0.15) is 39.5 Å². The van der Waals surface area contributed by atoms with Crippen molar-refractivity contribution in [1.29, 1.82) is 0 Å². The van der Waals surface area contributed by atoms with Gasteiger partial charge in [-0.25, -0.2) is 4.79 Å². The van der Waals surface area contributed by atoms with Crippen LogP contribution in [-0.2, 0) is 4.79 Å². The van der Waals surface area contributed by atoms with Crippen molar-refractivity contribution in [3.63, 3.8) is 0 Å². The summed E-state index contributed by atoms with van der Waals surface area (Å²) in [5.74, 6) is -0.172. The summed E-state index contributed by atoms with van der Waals surface area (Å²) in [4.78, 5) is 9.60. The maximum absolute atomic E-state index is 9.60. The van der Waals surface area contributed by atoms with Crippen LogP contribution < -0.4 is 0 Å². The van der Waals surface area contributed by atoms with Gasteiger partial charge < -0.3 is 10.2 Å². The summed E-state index contributed by atoms with van der Waals surface area (Å²) in [6.45, 7) is 6.81. The Labute approximate surface area is 85.4 Å². The molecule has 3 heteroatoms. The molecule has 1 fully saturated rings. The number of carbonyl (C=O) groups is 1. The topological polar surface area (TPSA) is 57.5 Å². The number of hydrogen-bond donors (Lipinski definition) is 2. The predicted molar refractivity (Wildman–Crippen MR) is 56.1 cm³/mol. The minimum absolute atomic E-state index is 0.0127. The van der Waals surface area contributed by atoms with Gasteiger partial charge in [-0.15, -0.1) is 0 Å². The van der Waals surface area contributed by atoms with Gasteiger partial charge in [-0.05, 0) is 25.7 Å². The van der Waals surface area contributed by atoms with Gasteiger partial charge in [0.05, 0.1) is 6.10 Å². The highest BCUT2D eigenvalue weighted by molar-refractivity contribution is 5.84. The fraction of sp³-hybridized carbons (Fsp3) is 0.727. The number of aliphatic hydroxyl groups excluding tert-OH is 1. The molecule has 3 nitrogen and oxygen atoms in total. The van der Waals surface area contributed by atoms with Gasteiger partial charge in [-0.2, -0.15) is 0 Å². The van der Waals surface area contributed by atoms with Crippen LogP contribution in [0.25, 0.3) is 0 Å². The zero-order chi connectivity index (χ0) is 11.1. The first-order valence-electron chi connectivity index (χ1n) is 5.00. The second-order valence-corrected chi connectivity index (χ2v) is 4.01. The van der Waals surface area contributed by atoms with Crippen molar-refractivity contribution >= 4 is 5.97 Å². The molecule has 0 radical (unpaired) electrons. The highest BCUT2D eigenvalue weighted by atomic mass is 16.4. The summed E-state index contributed by atoms with van der Waals surface area (Å²) in [5, 5.41) is 17.0. The molecule has 0 heterocycles. The Balaban J connectivity index is 0.000000255. The Hall–Kier alpha value is -0.830. The standard InChI is InChI=1S/C7H14O.C4H6O2/c1-6-3-2-4-7(8)5-6;1-3(2)4(5)6/h6-8H,2-5H2,1H3;1H2,2H3,(H,5,6). The summed E-state index contributed by atoms with van der Waals surface area (Å²) in [5.41, 5.74) is 0.176. The first kappa shape index (κ1) is 13.2. The van der Waals surface area contributed by atoms with Gasteiger partial charge in [-0.3, -0.25) is 0 Å². The molecule has 0 spiro atoms. The average Bonchev–Trinajstić information content (AvgIpc) is 2.04. The summed E-state index contributed by atoms with van der Waals surface area (Å²) >= 11 is 0. The average molecular weight is 200 g/mol. The van der Waals surface area contributed by atoms with Crippen LogP contribution in [0.4, 0.5) is 0 Å². The summed E-state index contributed by atoms with van der Waals surface area (Å²) in [6, 6.07) is 0. The van der Waals surface area contributed by atoms with E-state index in [1.807, 2.05) is 0 Å². The van der Waals surface area contributed by atoms with Crippen LogP contribution in [0, 0.1) is 5.92 Å². The van der Waals surface area contributed by atoms with Crippen LogP contribution in [0.2, 0.25) is 0 Å². The first-order chi connectivity index (χ1) is 6.43. The molecule has 0 aromatic rings. The zero-order valence-corrected chi connectivity index (χ0v) is 8.99. The fourth-order valence-electron chi connectivity index (χ4n) is 1.40. The number of carboxylic acids is 1. The maximum atomic E-state index is 9.60. The molecule has 0 bridgehead atoms. The lowest BCUT2D eigenvalue weighted by atomic mass is 9.89. The summed E-state index contributed by atoms with van der Waals surface area (Å²) in [7, 11) is 0. The van der Waals surface area contributed by atoms with Gasteiger partial charge in [-0.1, -0.05) is 26.3 Å². The number of hydrogen-bond acceptors (Lipinski definition) is 2. The number of aliphatic hydroxyl groups is 1. The van der Waals surface area contributed by atoms with E-state index in [9.17, 15) is 4.79 Å². The molecule has 2 N–H and O–H groups in total. The van der Waals surface area contributed by atoms with Crippen molar-refractivity contribution in [1.82, 2.24) is 0 Å². The molecule has 1 aliphatic rings. The molecular weight excluding hydrogens is 180 g/mol. The SMILES string of the molecule is C=C(C)C(=O)O.CC1CCCC(O)C1. The molecule has 0 aromatic heterocycles. The van der Waals surface area contributed by atoms with E-state index < -0.39 is 5.97 Å². The lowest BCUT2D eigenvalue weighted by Crippen LogP contribution is -2.16. The van der Waals surface area contributed by atoms with E-state index in [1.54, 1.807) is 0 Å². The van der Waals surface area contributed by atoms with E-state index >= 15 is 0 Å². The van der Waals surface area contributed by atoms with Crippen molar-refractivity contribution in [2.75, 3.05) is 0 Å². The molecule has 0 saturated heterocycles. The molecule has 2 atom stereocenters. The van der Waals surface area contributed by atoms with Gasteiger partial charge in [0.15, 0.2) is 0 Å². The third-order valence-corrected chi connectivity index (χ3v) is 2.27. The Morgan fingerprint density at radius 1 is 1.43 bits per heavy atom.